The molecule has 1 aliphatic carbocycles. The highest BCUT2D eigenvalue weighted by atomic mass is 32.2. The summed E-state index contributed by atoms with van der Waals surface area (Å²) in [5, 5.41) is 5.52. The van der Waals surface area contributed by atoms with Crippen LogP contribution >= 0.6 is 11.8 Å². The lowest BCUT2D eigenvalue weighted by molar-refractivity contribution is -0.120. The predicted molar refractivity (Wildman–Crippen MR) is 90.9 cm³/mol. The molecule has 0 saturated heterocycles. The van der Waals surface area contributed by atoms with Gasteiger partial charge in [0.2, 0.25) is 5.91 Å². The van der Waals surface area contributed by atoms with E-state index in [-0.39, 0.29) is 11.8 Å². The Morgan fingerprint density at radius 1 is 1.10 bits per heavy atom. The van der Waals surface area contributed by atoms with Crippen LogP contribution in [0, 0.1) is 5.92 Å². The Kier molecular flexibility index (Phi) is 4.49. The maximum atomic E-state index is 12.5. The summed E-state index contributed by atoms with van der Waals surface area (Å²) in [4.78, 5) is 13.7. The molecule has 21 heavy (non-hydrogen) atoms. The van der Waals surface area contributed by atoms with Gasteiger partial charge in [-0.3, -0.25) is 4.79 Å². The Morgan fingerprint density at radius 2 is 1.81 bits per heavy atom. The largest absolute Gasteiger partial charge is 0.325 e. The fraction of sp³-hybridized carbons (Fsp3) is 0.389. The van der Waals surface area contributed by atoms with E-state index in [4.69, 9.17) is 0 Å². The van der Waals surface area contributed by atoms with Crippen LogP contribution in [0.5, 0.6) is 0 Å². The average Bonchev–Trinajstić information content (AvgIpc) is 2.55. The van der Waals surface area contributed by atoms with Gasteiger partial charge in [0.05, 0.1) is 0 Å². The third-order valence-corrected chi connectivity index (χ3v) is 5.10. The van der Waals surface area contributed by atoms with Gasteiger partial charge in [0.1, 0.15) is 0 Å². The van der Waals surface area contributed by atoms with Crippen molar-refractivity contribution < 1.29 is 4.79 Å². The Bertz CT molecular complexity index is 641. The highest BCUT2D eigenvalue weighted by Crippen LogP contribution is 2.33. The number of carbonyl (C=O) groups is 1. The van der Waals surface area contributed by atoms with Crippen LogP contribution in [0.4, 0.5) is 5.69 Å². The van der Waals surface area contributed by atoms with Crippen molar-refractivity contribution in [2.75, 3.05) is 11.6 Å². The molecular weight excluding hydrogens is 278 g/mol. The van der Waals surface area contributed by atoms with Crippen LogP contribution in [-0.2, 0) is 4.79 Å². The van der Waals surface area contributed by atoms with Gasteiger partial charge < -0.3 is 5.32 Å². The lowest BCUT2D eigenvalue weighted by atomic mass is 9.88. The molecule has 1 amide bonds. The van der Waals surface area contributed by atoms with Gasteiger partial charge in [-0.1, -0.05) is 43.5 Å². The maximum absolute atomic E-state index is 12.5. The normalized spacial score (nSPS) is 16.0. The molecule has 0 aromatic heterocycles. The van der Waals surface area contributed by atoms with Crippen LogP contribution in [-0.4, -0.2) is 12.2 Å². The van der Waals surface area contributed by atoms with Crippen LogP contribution in [0.15, 0.2) is 41.3 Å². The van der Waals surface area contributed by atoms with Gasteiger partial charge in [-0.25, -0.2) is 0 Å². The molecule has 0 radical (unpaired) electrons. The molecule has 0 aliphatic heterocycles. The maximum Gasteiger partial charge on any atom is 0.227 e. The zero-order valence-electron chi connectivity index (χ0n) is 12.4. The molecule has 0 heterocycles. The standard InChI is InChI=1S/C18H21NOS/c1-21-16-12-6-10-13-9-5-11-15(17(13)16)19-18(20)14-7-3-2-4-8-14/h5-6,9-12,14H,2-4,7-8H2,1H3,(H,19,20). The smallest absolute Gasteiger partial charge is 0.227 e. The van der Waals surface area contributed by atoms with E-state index in [0.29, 0.717) is 0 Å². The second-order valence-electron chi connectivity index (χ2n) is 5.69. The SMILES string of the molecule is CSc1cccc2cccc(NC(=O)C3CCCCC3)c12. The number of nitrogens with one attached hydrogen (secondary N) is 1. The fourth-order valence-corrected chi connectivity index (χ4v) is 3.83. The monoisotopic (exact) mass is 299 g/mol. The molecule has 1 fully saturated rings. The number of thioether (sulfide) groups is 1. The molecule has 1 N–H and O–H groups in total. The number of hydrogen-bond donors (Lipinski definition) is 1. The third-order valence-electron chi connectivity index (χ3n) is 4.32. The second kappa shape index (κ2) is 6.52. The van der Waals surface area contributed by atoms with Crippen molar-refractivity contribution in [2.45, 2.75) is 37.0 Å². The topological polar surface area (TPSA) is 29.1 Å². The Labute approximate surface area is 130 Å². The molecule has 3 heteroatoms. The third kappa shape index (κ3) is 3.08. The minimum Gasteiger partial charge on any atom is -0.325 e. The molecular formula is C18H21NOS. The number of rotatable bonds is 3. The van der Waals surface area contributed by atoms with Crippen molar-refractivity contribution in [3.63, 3.8) is 0 Å². The van der Waals surface area contributed by atoms with Crippen molar-refractivity contribution in [2.24, 2.45) is 5.92 Å². The van der Waals surface area contributed by atoms with Crippen LogP contribution in [0.25, 0.3) is 10.8 Å². The molecule has 2 aromatic rings. The van der Waals surface area contributed by atoms with Gasteiger partial charge in [-0.2, -0.15) is 0 Å². The summed E-state index contributed by atoms with van der Waals surface area (Å²) in [5.41, 5.74) is 0.952. The van der Waals surface area contributed by atoms with Crippen LogP contribution in [0.3, 0.4) is 0 Å². The van der Waals surface area contributed by atoms with Gasteiger partial charge in [0.15, 0.2) is 0 Å². The summed E-state index contributed by atoms with van der Waals surface area (Å²) in [7, 11) is 0. The summed E-state index contributed by atoms with van der Waals surface area (Å²) >= 11 is 1.72. The van der Waals surface area contributed by atoms with E-state index in [0.717, 1.165) is 23.9 Å². The van der Waals surface area contributed by atoms with Crippen molar-refractivity contribution >= 4 is 34.1 Å². The molecule has 2 aromatic carbocycles. The molecule has 0 spiro atoms. The Balaban J connectivity index is 1.91. The van der Waals surface area contributed by atoms with Crippen molar-refractivity contribution in [1.29, 1.82) is 0 Å². The molecule has 2 nitrogen and oxygen atoms in total. The van der Waals surface area contributed by atoms with E-state index in [9.17, 15) is 4.79 Å². The first kappa shape index (κ1) is 14.5. The van der Waals surface area contributed by atoms with Crippen molar-refractivity contribution in [3.8, 4) is 0 Å². The predicted octanol–water partition coefficient (Wildman–Crippen LogP) is 5.08. The van der Waals surface area contributed by atoms with E-state index >= 15 is 0 Å². The molecule has 0 bridgehead atoms. The zero-order valence-corrected chi connectivity index (χ0v) is 13.2. The highest BCUT2D eigenvalue weighted by Gasteiger charge is 2.21. The van der Waals surface area contributed by atoms with Gasteiger partial charge in [-0.05, 0) is 36.6 Å². The van der Waals surface area contributed by atoms with E-state index in [1.165, 1.54) is 29.5 Å². The first-order chi connectivity index (χ1) is 10.3. The van der Waals surface area contributed by atoms with Gasteiger partial charge in [0.25, 0.3) is 0 Å². The fourth-order valence-electron chi connectivity index (χ4n) is 3.18. The van der Waals surface area contributed by atoms with Crippen molar-refractivity contribution in [1.82, 2.24) is 0 Å². The summed E-state index contributed by atoms with van der Waals surface area (Å²) < 4.78 is 0. The van der Waals surface area contributed by atoms with E-state index in [1.807, 2.05) is 12.1 Å². The second-order valence-corrected chi connectivity index (χ2v) is 6.54. The lowest BCUT2D eigenvalue weighted by Crippen LogP contribution is -2.24. The number of hydrogen-bond acceptors (Lipinski definition) is 2. The quantitative estimate of drug-likeness (QED) is 0.801. The highest BCUT2D eigenvalue weighted by molar-refractivity contribution is 7.98. The summed E-state index contributed by atoms with van der Waals surface area (Å²) in [6, 6.07) is 12.4. The zero-order chi connectivity index (χ0) is 14.7. The van der Waals surface area contributed by atoms with Gasteiger partial charge in [-0.15, -0.1) is 11.8 Å². The Hall–Kier alpha value is -1.48. The lowest BCUT2D eigenvalue weighted by Gasteiger charge is -2.21. The van der Waals surface area contributed by atoms with E-state index in [2.05, 4.69) is 35.8 Å². The number of carbonyl (C=O) groups excluding carboxylic acids is 1. The minimum absolute atomic E-state index is 0.190. The molecule has 3 rings (SSSR count). The first-order valence-corrected chi connectivity index (χ1v) is 8.88. The molecule has 0 unspecified atom stereocenters. The molecule has 110 valence electrons. The summed E-state index contributed by atoms with van der Waals surface area (Å²) in [6.07, 6.45) is 7.79. The van der Waals surface area contributed by atoms with Crippen molar-refractivity contribution in [3.05, 3.63) is 36.4 Å². The average molecular weight is 299 g/mol. The number of amides is 1. The van der Waals surface area contributed by atoms with E-state index < -0.39 is 0 Å². The molecule has 1 aliphatic rings. The first-order valence-electron chi connectivity index (χ1n) is 7.66. The summed E-state index contributed by atoms with van der Waals surface area (Å²) in [6.45, 7) is 0. The molecule has 1 saturated carbocycles. The number of benzene rings is 2. The van der Waals surface area contributed by atoms with Crippen LogP contribution in [0.2, 0.25) is 0 Å². The molecule has 0 atom stereocenters. The Morgan fingerprint density at radius 3 is 2.52 bits per heavy atom. The summed E-state index contributed by atoms with van der Waals surface area (Å²) in [5.74, 6) is 0.383. The number of anilines is 1. The minimum atomic E-state index is 0.190. The van der Waals surface area contributed by atoms with Gasteiger partial charge in [0, 0.05) is 21.9 Å². The van der Waals surface area contributed by atoms with Crippen LogP contribution < -0.4 is 5.32 Å². The van der Waals surface area contributed by atoms with Gasteiger partial charge >= 0.3 is 0 Å². The van der Waals surface area contributed by atoms with Crippen LogP contribution in [0.1, 0.15) is 32.1 Å². The number of fused-ring (bicyclic) bond motifs is 1. The van der Waals surface area contributed by atoms with E-state index in [1.54, 1.807) is 11.8 Å².